The molecular formula is C15H23NO3. The van der Waals surface area contributed by atoms with Crippen LogP contribution in [0.2, 0.25) is 0 Å². The predicted octanol–water partition coefficient (Wildman–Crippen LogP) is 2.39. The molecule has 1 heterocycles. The van der Waals surface area contributed by atoms with Crippen molar-refractivity contribution in [3.63, 3.8) is 0 Å². The van der Waals surface area contributed by atoms with Gasteiger partial charge in [-0.25, -0.2) is 0 Å². The maximum absolute atomic E-state index is 5.85. The Morgan fingerprint density at radius 2 is 2.26 bits per heavy atom. The van der Waals surface area contributed by atoms with Crippen molar-refractivity contribution in [3.05, 3.63) is 23.8 Å². The molecule has 0 bridgehead atoms. The fourth-order valence-electron chi connectivity index (χ4n) is 2.16. The van der Waals surface area contributed by atoms with Crippen molar-refractivity contribution >= 4 is 0 Å². The molecule has 1 aromatic rings. The lowest BCUT2D eigenvalue weighted by atomic mass is 10.1. The van der Waals surface area contributed by atoms with E-state index in [1.807, 2.05) is 19.2 Å². The Morgan fingerprint density at radius 1 is 1.42 bits per heavy atom. The molecule has 1 N–H and O–H groups in total. The van der Waals surface area contributed by atoms with Gasteiger partial charge in [-0.05, 0) is 38.1 Å². The first kappa shape index (κ1) is 14.2. The largest absolute Gasteiger partial charge is 0.493 e. The van der Waals surface area contributed by atoms with Crippen LogP contribution in [0.1, 0.15) is 24.9 Å². The van der Waals surface area contributed by atoms with Crippen molar-refractivity contribution in [3.8, 4) is 11.5 Å². The molecule has 0 aromatic heterocycles. The Balaban J connectivity index is 2.02. The second kappa shape index (κ2) is 6.78. The summed E-state index contributed by atoms with van der Waals surface area (Å²) in [5, 5.41) is 3.22. The molecule has 0 saturated carbocycles. The summed E-state index contributed by atoms with van der Waals surface area (Å²) < 4.78 is 16.6. The Hall–Kier alpha value is -1.26. The minimum Gasteiger partial charge on any atom is -0.493 e. The maximum atomic E-state index is 5.85. The van der Waals surface area contributed by atoms with Crippen LogP contribution in [-0.2, 0) is 4.74 Å². The lowest BCUT2D eigenvalue weighted by Gasteiger charge is -2.16. The van der Waals surface area contributed by atoms with Gasteiger partial charge in [0.25, 0.3) is 0 Å². The molecule has 2 rings (SSSR count). The molecule has 2 unspecified atom stereocenters. The summed E-state index contributed by atoms with van der Waals surface area (Å²) in [7, 11) is 3.62. The Morgan fingerprint density at radius 3 is 2.89 bits per heavy atom. The Kier molecular flexibility index (Phi) is 5.05. The second-order valence-corrected chi connectivity index (χ2v) is 4.96. The van der Waals surface area contributed by atoms with E-state index in [-0.39, 0.29) is 0 Å². The van der Waals surface area contributed by atoms with Crippen LogP contribution in [0.15, 0.2) is 18.2 Å². The minimum atomic E-state index is 0.297. The van der Waals surface area contributed by atoms with Gasteiger partial charge in [0.05, 0.1) is 20.3 Å². The van der Waals surface area contributed by atoms with Crippen molar-refractivity contribution < 1.29 is 14.2 Å². The van der Waals surface area contributed by atoms with E-state index in [1.165, 1.54) is 5.56 Å². The van der Waals surface area contributed by atoms with E-state index in [2.05, 4.69) is 18.3 Å². The van der Waals surface area contributed by atoms with Crippen LogP contribution in [0.3, 0.4) is 0 Å². The van der Waals surface area contributed by atoms with Crippen LogP contribution in [0, 0.1) is 5.92 Å². The van der Waals surface area contributed by atoms with Gasteiger partial charge in [0.2, 0.25) is 0 Å². The minimum absolute atomic E-state index is 0.297. The van der Waals surface area contributed by atoms with Gasteiger partial charge in [-0.15, -0.1) is 0 Å². The number of hydrogen-bond acceptors (Lipinski definition) is 4. The van der Waals surface area contributed by atoms with Gasteiger partial charge >= 0.3 is 0 Å². The molecule has 1 aromatic carbocycles. The molecule has 4 heteroatoms. The third-order valence-corrected chi connectivity index (χ3v) is 3.62. The van der Waals surface area contributed by atoms with Crippen molar-refractivity contribution in [2.45, 2.75) is 19.4 Å². The molecule has 1 aliphatic rings. The van der Waals surface area contributed by atoms with E-state index in [1.54, 1.807) is 7.11 Å². The van der Waals surface area contributed by atoms with E-state index >= 15 is 0 Å². The third-order valence-electron chi connectivity index (χ3n) is 3.62. The van der Waals surface area contributed by atoms with Gasteiger partial charge in [0.1, 0.15) is 0 Å². The quantitative estimate of drug-likeness (QED) is 0.857. The van der Waals surface area contributed by atoms with Crippen LogP contribution in [-0.4, -0.2) is 34.0 Å². The molecule has 2 atom stereocenters. The number of nitrogens with one attached hydrogen (secondary N) is 1. The average Bonchev–Trinajstić information content (AvgIpc) is 2.97. The van der Waals surface area contributed by atoms with E-state index < -0.39 is 0 Å². The molecule has 1 saturated heterocycles. The summed E-state index contributed by atoms with van der Waals surface area (Å²) in [5.74, 6) is 2.10. The number of ether oxygens (including phenoxy) is 3. The first-order chi connectivity index (χ1) is 9.24. The summed E-state index contributed by atoms with van der Waals surface area (Å²) in [6, 6.07) is 6.38. The smallest absolute Gasteiger partial charge is 0.161 e. The lowest BCUT2D eigenvalue weighted by molar-refractivity contribution is 0.165. The summed E-state index contributed by atoms with van der Waals surface area (Å²) >= 11 is 0. The predicted molar refractivity (Wildman–Crippen MR) is 74.9 cm³/mol. The molecule has 0 radical (unpaired) electrons. The zero-order valence-electron chi connectivity index (χ0n) is 11.9. The van der Waals surface area contributed by atoms with Crippen molar-refractivity contribution in [1.29, 1.82) is 0 Å². The van der Waals surface area contributed by atoms with Crippen LogP contribution in [0.25, 0.3) is 0 Å². The third kappa shape index (κ3) is 3.61. The van der Waals surface area contributed by atoms with Gasteiger partial charge in [-0.3, -0.25) is 0 Å². The van der Waals surface area contributed by atoms with E-state index in [0.717, 1.165) is 31.1 Å². The zero-order valence-corrected chi connectivity index (χ0v) is 11.9. The van der Waals surface area contributed by atoms with Gasteiger partial charge in [-0.1, -0.05) is 6.07 Å². The maximum Gasteiger partial charge on any atom is 0.161 e. The highest BCUT2D eigenvalue weighted by Gasteiger charge is 2.17. The Labute approximate surface area is 115 Å². The summed E-state index contributed by atoms with van der Waals surface area (Å²) in [6.45, 7) is 4.46. The van der Waals surface area contributed by atoms with Crippen molar-refractivity contribution in [1.82, 2.24) is 5.32 Å². The average molecular weight is 265 g/mol. The molecule has 0 aliphatic carbocycles. The highest BCUT2D eigenvalue weighted by Crippen LogP contribution is 2.31. The number of hydrogen-bond donors (Lipinski definition) is 1. The first-order valence-electron chi connectivity index (χ1n) is 6.80. The first-order valence-corrected chi connectivity index (χ1v) is 6.80. The van der Waals surface area contributed by atoms with Gasteiger partial charge in [-0.2, -0.15) is 0 Å². The van der Waals surface area contributed by atoms with Crippen LogP contribution >= 0.6 is 0 Å². The molecule has 4 nitrogen and oxygen atoms in total. The number of benzene rings is 1. The highest BCUT2D eigenvalue weighted by atomic mass is 16.5. The summed E-state index contributed by atoms with van der Waals surface area (Å²) in [5.41, 5.74) is 1.19. The van der Waals surface area contributed by atoms with Crippen molar-refractivity contribution in [2.24, 2.45) is 5.92 Å². The summed E-state index contributed by atoms with van der Waals surface area (Å²) in [6.07, 6.45) is 1.08. The molecular weight excluding hydrogens is 242 g/mol. The molecule has 19 heavy (non-hydrogen) atoms. The van der Waals surface area contributed by atoms with E-state index in [4.69, 9.17) is 14.2 Å². The molecule has 0 amide bonds. The molecule has 1 fully saturated rings. The lowest BCUT2D eigenvalue weighted by Crippen LogP contribution is -2.14. The second-order valence-electron chi connectivity index (χ2n) is 4.96. The standard InChI is InChI=1S/C15H23NO3/c1-11(16-2)13-4-5-14(15(8-13)17-3)19-10-12-6-7-18-9-12/h4-5,8,11-12,16H,6-7,9-10H2,1-3H3. The van der Waals surface area contributed by atoms with Gasteiger partial charge in [0.15, 0.2) is 11.5 Å². The van der Waals surface area contributed by atoms with E-state index in [0.29, 0.717) is 18.6 Å². The number of methoxy groups -OCH3 is 1. The van der Waals surface area contributed by atoms with Crippen molar-refractivity contribution in [2.75, 3.05) is 34.0 Å². The topological polar surface area (TPSA) is 39.7 Å². The summed E-state index contributed by atoms with van der Waals surface area (Å²) in [4.78, 5) is 0. The normalized spacial score (nSPS) is 20.3. The fraction of sp³-hybridized carbons (Fsp3) is 0.600. The molecule has 106 valence electrons. The highest BCUT2D eigenvalue weighted by molar-refractivity contribution is 5.43. The monoisotopic (exact) mass is 265 g/mol. The molecule has 1 aliphatic heterocycles. The van der Waals surface area contributed by atoms with Crippen LogP contribution < -0.4 is 14.8 Å². The van der Waals surface area contributed by atoms with Crippen LogP contribution in [0.5, 0.6) is 11.5 Å². The SMILES string of the molecule is CNC(C)c1ccc(OCC2CCOC2)c(OC)c1. The Bertz CT molecular complexity index is 402. The molecule has 0 spiro atoms. The van der Waals surface area contributed by atoms with Gasteiger partial charge < -0.3 is 19.5 Å². The fourth-order valence-corrected chi connectivity index (χ4v) is 2.16. The number of rotatable bonds is 6. The van der Waals surface area contributed by atoms with E-state index in [9.17, 15) is 0 Å². The van der Waals surface area contributed by atoms with Gasteiger partial charge in [0, 0.05) is 18.6 Å². The van der Waals surface area contributed by atoms with Crippen LogP contribution in [0.4, 0.5) is 0 Å². The zero-order chi connectivity index (χ0) is 13.7.